The Morgan fingerprint density at radius 3 is 2.17 bits per heavy atom. The van der Waals surface area contributed by atoms with Crippen LogP contribution in [0.3, 0.4) is 0 Å². The Balaban J connectivity index is 1.62. The lowest BCUT2D eigenvalue weighted by atomic mass is 10.1. The standard InChI is InChI=1S/C22H21F2N3O3/c1-29-19-8-4-18(5-9-19)26-10-12-27(13-11-26)21(28)17(15-25)14-16-2-6-20(7-3-16)30-22(23)24/h2-9,14,22H,10-13H2,1H3/b17-14+. The molecule has 2 aromatic carbocycles. The fourth-order valence-corrected chi connectivity index (χ4v) is 3.19. The molecule has 8 heteroatoms. The summed E-state index contributed by atoms with van der Waals surface area (Å²) in [6.07, 6.45) is 1.45. The number of ether oxygens (including phenoxy) is 2. The number of halogens is 2. The summed E-state index contributed by atoms with van der Waals surface area (Å²) in [6, 6.07) is 15.4. The maximum absolute atomic E-state index is 12.7. The Hall–Kier alpha value is -3.60. The molecule has 0 unspecified atom stereocenters. The van der Waals surface area contributed by atoms with Crippen molar-refractivity contribution < 1.29 is 23.0 Å². The van der Waals surface area contributed by atoms with Crippen LogP contribution in [0.5, 0.6) is 11.5 Å². The van der Waals surface area contributed by atoms with Gasteiger partial charge in [0.15, 0.2) is 0 Å². The SMILES string of the molecule is COc1ccc(N2CCN(C(=O)/C(C#N)=C/c3ccc(OC(F)F)cc3)CC2)cc1. The number of benzene rings is 2. The Morgan fingerprint density at radius 1 is 1.03 bits per heavy atom. The van der Waals surface area contributed by atoms with Crippen molar-refractivity contribution in [3.05, 3.63) is 59.7 Å². The number of carbonyl (C=O) groups is 1. The van der Waals surface area contributed by atoms with Gasteiger partial charge in [0.25, 0.3) is 5.91 Å². The van der Waals surface area contributed by atoms with Crippen LogP contribution >= 0.6 is 0 Å². The molecule has 1 saturated heterocycles. The van der Waals surface area contributed by atoms with E-state index in [4.69, 9.17) is 4.74 Å². The van der Waals surface area contributed by atoms with E-state index in [1.807, 2.05) is 30.3 Å². The summed E-state index contributed by atoms with van der Waals surface area (Å²) in [6.45, 7) is -0.623. The van der Waals surface area contributed by atoms with E-state index in [2.05, 4.69) is 9.64 Å². The van der Waals surface area contributed by atoms with Crippen molar-refractivity contribution in [2.24, 2.45) is 0 Å². The minimum absolute atomic E-state index is 0.00424. The Labute approximate surface area is 173 Å². The molecule has 0 N–H and O–H groups in total. The van der Waals surface area contributed by atoms with Gasteiger partial charge < -0.3 is 19.3 Å². The first-order chi connectivity index (χ1) is 14.5. The van der Waals surface area contributed by atoms with E-state index in [-0.39, 0.29) is 17.2 Å². The van der Waals surface area contributed by atoms with Gasteiger partial charge in [-0.25, -0.2) is 0 Å². The van der Waals surface area contributed by atoms with Gasteiger partial charge in [0.1, 0.15) is 23.1 Å². The maximum atomic E-state index is 12.7. The van der Waals surface area contributed by atoms with E-state index >= 15 is 0 Å². The molecule has 2 aromatic rings. The van der Waals surface area contributed by atoms with Gasteiger partial charge in [0, 0.05) is 31.9 Å². The van der Waals surface area contributed by atoms with E-state index in [0.717, 1.165) is 11.4 Å². The highest BCUT2D eigenvalue weighted by Gasteiger charge is 2.24. The summed E-state index contributed by atoms with van der Waals surface area (Å²) < 4.78 is 33.9. The number of nitriles is 1. The van der Waals surface area contributed by atoms with E-state index in [0.29, 0.717) is 31.7 Å². The van der Waals surface area contributed by atoms with Gasteiger partial charge >= 0.3 is 6.61 Å². The van der Waals surface area contributed by atoms with Crippen molar-refractivity contribution in [3.63, 3.8) is 0 Å². The van der Waals surface area contributed by atoms with E-state index in [1.54, 1.807) is 12.0 Å². The lowest BCUT2D eigenvalue weighted by Gasteiger charge is -2.36. The summed E-state index contributed by atoms with van der Waals surface area (Å²) >= 11 is 0. The number of amides is 1. The van der Waals surface area contributed by atoms with Gasteiger partial charge in [-0.1, -0.05) is 12.1 Å². The quantitative estimate of drug-likeness (QED) is 0.535. The molecule has 1 fully saturated rings. The lowest BCUT2D eigenvalue weighted by molar-refractivity contribution is -0.126. The molecule has 6 nitrogen and oxygen atoms in total. The number of nitrogens with zero attached hydrogens (tertiary/aromatic N) is 3. The summed E-state index contributed by atoms with van der Waals surface area (Å²) in [5.74, 6) is 0.451. The maximum Gasteiger partial charge on any atom is 0.387 e. The molecule has 30 heavy (non-hydrogen) atoms. The topological polar surface area (TPSA) is 65.8 Å². The zero-order chi connectivity index (χ0) is 21.5. The molecule has 156 valence electrons. The third-order valence-electron chi connectivity index (χ3n) is 4.77. The zero-order valence-corrected chi connectivity index (χ0v) is 16.4. The molecule has 0 saturated carbocycles. The Bertz CT molecular complexity index is 930. The van der Waals surface area contributed by atoms with Crippen molar-refractivity contribution in [2.45, 2.75) is 6.61 Å². The minimum Gasteiger partial charge on any atom is -0.497 e. The van der Waals surface area contributed by atoms with Crippen molar-refractivity contribution >= 4 is 17.7 Å². The first kappa shape index (κ1) is 21.1. The number of anilines is 1. The molecule has 1 amide bonds. The smallest absolute Gasteiger partial charge is 0.387 e. The van der Waals surface area contributed by atoms with Gasteiger partial charge in [-0.15, -0.1) is 0 Å². The molecule has 0 radical (unpaired) electrons. The van der Waals surface area contributed by atoms with Crippen molar-refractivity contribution in [1.82, 2.24) is 4.90 Å². The molecule has 0 aliphatic carbocycles. The second kappa shape index (κ2) is 9.74. The number of methoxy groups -OCH3 is 1. The lowest BCUT2D eigenvalue weighted by Crippen LogP contribution is -2.49. The van der Waals surface area contributed by atoms with E-state index < -0.39 is 6.61 Å². The highest BCUT2D eigenvalue weighted by atomic mass is 19.3. The largest absolute Gasteiger partial charge is 0.497 e. The van der Waals surface area contributed by atoms with Gasteiger partial charge in [-0.2, -0.15) is 14.0 Å². The number of carbonyl (C=O) groups excluding carboxylic acids is 1. The molecule has 0 aromatic heterocycles. The van der Waals surface area contributed by atoms with E-state index in [1.165, 1.54) is 30.3 Å². The number of hydrogen-bond donors (Lipinski definition) is 0. The predicted octanol–water partition coefficient (Wildman–Crippen LogP) is 3.55. The average molecular weight is 413 g/mol. The Kier molecular flexibility index (Phi) is 6.86. The van der Waals surface area contributed by atoms with Crippen molar-refractivity contribution in [1.29, 1.82) is 5.26 Å². The van der Waals surface area contributed by atoms with Crippen molar-refractivity contribution in [3.8, 4) is 17.6 Å². The van der Waals surface area contributed by atoms with Crippen LogP contribution in [0.1, 0.15) is 5.56 Å². The number of piperazine rings is 1. The Morgan fingerprint density at radius 2 is 1.63 bits per heavy atom. The molecule has 0 atom stereocenters. The molecule has 0 spiro atoms. The van der Waals surface area contributed by atoms with Crippen LogP contribution in [0.4, 0.5) is 14.5 Å². The minimum atomic E-state index is -2.90. The van der Waals surface area contributed by atoms with Gasteiger partial charge in [-0.3, -0.25) is 4.79 Å². The summed E-state index contributed by atoms with van der Waals surface area (Å²) in [5.41, 5.74) is 1.60. The van der Waals surface area contributed by atoms with Gasteiger partial charge in [-0.05, 0) is 48.0 Å². The number of alkyl halides is 2. The van der Waals surface area contributed by atoms with Crippen LogP contribution in [-0.4, -0.2) is 50.7 Å². The molecule has 1 aliphatic rings. The molecule has 3 rings (SSSR count). The summed E-state index contributed by atoms with van der Waals surface area (Å²) in [5, 5.41) is 9.43. The van der Waals surface area contributed by atoms with Gasteiger partial charge in [0.05, 0.1) is 7.11 Å². The molecule has 0 bridgehead atoms. The normalized spacial score (nSPS) is 14.4. The monoisotopic (exact) mass is 413 g/mol. The second-order valence-corrected chi connectivity index (χ2v) is 6.59. The second-order valence-electron chi connectivity index (χ2n) is 6.59. The van der Waals surface area contributed by atoms with Crippen LogP contribution < -0.4 is 14.4 Å². The number of rotatable bonds is 6. The predicted molar refractivity (Wildman–Crippen MR) is 108 cm³/mol. The van der Waals surface area contributed by atoms with Crippen LogP contribution in [0.15, 0.2) is 54.1 Å². The average Bonchev–Trinajstić information content (AvgIpc) is 2.78. The highest BCUT2D eigenvalue weighted by molar-refractivity contribution is 6.01. The number of hydrogen-bond acceptors (Lipinski definition) is 5. The van der Waals surface area contributed by atoms with Crippen LogP contribution in [0, 0.1) is 11.3 Å². The molecular formula is C22H21F2N3O3. The van der Waals surface area contributed by atoms with Crippen LogP contribution in [0.25, 0.3) is 6.08 Å². The third-order valence-corrected chi connectivity index (χ3v) is 4.77. The molecule has 1 aliphatic heterocycles. The van der Waals surface area contributed by atoms with Crippen LogP contribution in [0.2, 0.25) is 0 Å². The van der Waals surface area contributed by atoms with Crippen LogP contribution in [-0.2, 0) is 4.79 Å². The third kappa shape index (κ3) is 5.26. The molecule has 1 heterocycles. The first-order valence-electron chi connectivity index (χ1n) is 9.35. The summed E-state index contributed by atoms with van der Waals surface area (Å²) in [7, 11) is 1.62. The van der Waals surface area contributed by atoms with E-state index in [9.17, 15) is 18.8 Å². The fraction of sp³-hybridized carbons (Fsp3) is 0.273. The first-order valence-corrected chi connectivity index (χ1v) is 9.35. The van der Waals surface area contributed by atoms with Gasteiger partial charge in [0.2, 0.25) is 0 Å². The summed E-state index contributed by atoms with van der Waals surface area (Å²) in [4.78, 5) is 16.6. The van der Waals surface area contributed by atoms with Crippen molar-refractivity contribution in [2.75, 3.05) is 38.2 Å². The highest BCUT2D eigenvalue weighted by Crippen LogP contribution is 2.21. The fourth-order valence-electron chi connectivity index (χ4n) is 3.19. The zero-order valence-electron chi connectivity index (χ0n) is 16.4. The molecular weight excluding hydrogens is 392 g/mol.